The number of carbonyl (C=O) groups excluding carboxylic acids is 1. The molecule has 1 unspecified atom stereocenters. The second-order valence-electron chi connectivity index (χ2n) is 4.90. The summed E-state index contributed by atoms with van der Waals surface area (Å²) in [6, 6.07) is 3.89. The number of halogens is 1. The molecule has 0 aliphatic carbocycles. The molecule has 1 atom stereocenters. The van der Waals surface area contributed by atoms with Crippen LogP contribution >= 0.6 is 11.6 Å². The monoisotopic (exact) mass is 312 g/mol. The Morgan fingerprint density at radius 1 is 1.57 bits per heavy atom. The van der Waals surface area contributed by atoms with Crippen LogP contribution in [0, 0.1) is 10.1 Å². The number of rotatable bonds is 5. The molecule has 0 spiro atoms. The summed E-state index contributed by atoms with van der Waals surface area (Å²) in [6.07, 6.45) is 1.95. The number of benzene rings is 1. The van der Waals surface area contributed by atoms with Crippen LogP contribution in [0.25, 0.3) is 0 Å². The Balaban J connectivity index is 2.19. The smallest absolute Gasteiger partial charge is 0.270 e. The molecule has 7 heteroatoms. The van der Waals surface area contributed by atoms with Crippen LogP contribution in [-0.2, 0) is 4.74 Å². The van der Waals surface area contributed by atoms with Crippen LogP contribution in [0.3, 0.4) is 0 Å². The Hall–Kier alpha value is -1.66. The molecule has 1 aliphatic rings. The van der Waals surface area contributed by atoms with Crippen LogP contribution in [0.1, 0.15) is 30.1 Å². The van der Waals surface area contributed by atoms with E-state index in [0.29, 0.717) is 19.7 Å². The molecule has 0 aromatic heterocycles. The van der Waals surface area contributed by atoms with Gasteiger partial charge in [-0.25, -0.2) is 0 Å². The van der Waals surface area contributed by atoms with Crippen molar-refractivity contribution in [2.75, 3.05) is 19.7 Å². The zero-order valence-electron chi connectivity index (χ0n) is 11.8. The van der Waals surface area contributed by atoms with Gasteiger partial charge in [0.05, 0.1) is 21.6 Å². The summed E-state index contributed by atoms with van der Waals surface area (Å²) < 4.78 is 5.53. The van der Waals surface area contributed by atoms with Crippen molar-refractivity contribution in [1.29, 1.82) is 0 Å². The van der Waals surface area contributed by atoms with Gasteiger partial charge in [-0.1, -0.05) is 11.6 Å². The topological polar surface area (TPSA) is 72.7 Å². The summed E-state index contributed by atoms with van der Waals surface area (Å²) in [5.41, 5.74) is 0.0154. The molecule has 21 heavy (non-hydrogen) atoms. The van der Waals surface area contributed by atoms with E-state index >= 15 is 0 Å². The van der Waals surface area contributed by atoms with Crippen molar-refractivity contribution in [2.45, 2.75) is 25.9 Å². The number of hydrogen-bond acceptors (Lipinski definition) is 4. The fourth-order valence-electron chi connectivity index (χ4n) is 2.35. The molecule has 0 saturated carbocycles. The highest BCUT2D eigenvalue weighted by Crippen LogP contribution is 2.24. The lowest BCUT2D eigenvalue weighted by Crippen LogP contribution is -2.37. The highest BCUT2D eigenvalue weighted by Gasteiger charge is 2.24. The Labute approximate surface area is 127 Å². The molecule has 0 radical (unpaired) electrons. The summed E-state index contributed by atoms with van der Waals surface area (Å²) in [6.45, 7) is 3.55. The van der Waals surface area contributed by atoms with Crippen LogP contribution in [-0.4, -0.2) is 41.5 Å². The molecule has 6 nitrogen and oxygen atoms in total. The van der Waals surface area contributed by atoms with E-state index in [1.165, 1.54) is 18.2 Å². The third kappa shape index (κ3) is 3.71. The summed E-state index contributed by atoms with van der Waals surface area (Å²) in [4.78, 5) is 24.4. The Kier molecular flexibility index (Phi) is 5.14. The predicted octanol–water partition coefficient (Wildman–Crippen LogP) is 2.89. The van der Waals surface area contributed by atoms with E-state index in [9.17, 15) is 14.9 Å². The van der Waals surface area contributed by atoms with Gasteiger partial charge < -0.3 is 9.64 Å². The maximum absolute atomic E-state index is 12.5. The quantitative estimate of drug-likeness (QED) is 0.619. The van der Waals surface area contributed by atoms with Crippen LogP contribution in [0.2, 0.25) is 5.02 Å². The van der Waals surface area contributed by atoms with Crippen LogP contribution in [0.5, 0.6) is 0 Å². The normalized spacial score (nSPS) is 17.7. The Morgan fingerprint density at radius 2 is 2.33 bits per heavy atom. The van der Waals surface area contributed by atoms with Gasteiger partial charge in [0, 0.05) is 31.8 Å². The fraction of sp³-hybridized carbons (Fsp3) is 0.500. The van der Waals surface area contributed by atoms with Gasteiger partial charge in [0.15, 0.2) is 0 Å². The summed E-state index contributed by atoms with van der Waals surface area (Å²) >= 11 is 6.01. The number of amides is 1. The van der Waals surface area contributed by atoms with E-state index in [1.54, 1.807) is 4.90 Å². The van der Waals surface area contributed by atoms with E-state index in [0.717, 1.165) is 12.8 Å². The van der Waals surface area contributed by atoms with E-state index in [-0.39, 0.29) is 28.3 Å². The number of hydrogen-bond donors (Lipinski definition) is 0. The lowest BCUT2D eigenvalue weighted by atomic mass is 10.1. The van der Waals surface area contributed by atoms with Gasteiger partial charge in [0.2, 0.25) is 0 Å². The highest BCUT2D eigenvalue weighted by molar-refractivity contribution is 6.33. The first kappa shape index (κ1) is 15.7. The van der Waals surface area contributed by atoms with Crippen molar-refractivity contribution in [1.82, 2.24) is 4.90 Å². The number of non-ortho nitro benzene ring substituents is 1. The molecular formula is C14H17ClN2O4. The number of carbonyl (C=O) groups is 1. The summed E-state index contributed by atoms with van der Waals surface area (Å²) in [7, 11) is 0. The SMILES string of the molecule is CCN(CC1CCCO1)C(=O)c1cc([N+](=O)[O-])ccc1Cl. The Morgan fingerprint density at radius 3 is 2.90 bits per heavy atom. The second kappa shape index (κ2) is 6.87. The lowest BCUT2D eigenvalue weighted by molar-refractivity contribution is -0.384. The minimum Gasteiger partial charge on any atom is -0.376 e. The van der Waals surface area contributed by atoms with Crippen LogP contribution < -0.4 is 0 Å². The molecule has 0 bridgehead atoms. The zero-order valence-corrected chi connectivity index (χ0v) is 12.5. The van der Waals surface area contributed by atoms with Gasteiger partial charge in [0.1, 0.15) is 0 Å². The molecule has 0 N–H and O–H groups in total. The molecule has 1 fully saturated rings. The third-order valence-electron chi connectivity index (χ3n) is 3.51. The number of nitro benzene ring substituents is 1. The second-order valence-corrected chi connectivity index (χ2v) is 5.31. The largest absolute Gasteiger partial charge is 0.376 e. The number of ether oxygens (including phenoxy) is 1. The van der Waals surface area contributed by atoms with E-state index < -0.39 is 4.92 Å². The first-order chi connectivity index (χ1) is 10.0. The molecular weight excluding hydrogens is 296 g/mol. The van der Waals surface area contributed by atoms with Crippen molar-refractivity contribution in [2.24, 2.45) is 0 Å². The van der Waals surface area contributed by atoms with Gasteiger partial charge in [-0.15, -0.1) is 0 Å². The number of likely N-dealkylation sites (N-methyl/N-ethyl adjacent to an activating group) is 1. The molecule has 1 aromatic rings. The maximum Gasteiger partial charge on any atom is 0.270 e. The number of nitro groups is 1. The molecule has 1 aliphatic heterocycles. The van der Waals surface area contributed by atoms with Crippen LogP contribution in [0.4, 0.5) is 5.69 Å². The third-order valence-corrected chi connectivity index (χ3v) is 3.84. The molecule has 1 heterocycles. The van der Waals surface area contributed by atoms with Crippen LogP contribution in [0.15, 0.2) is 18.2 Å². The minimum atomic E-state index is -0.538. The zero-order chi connectivity index (χ0) is 15.4. The van der Waals surface area contributed by atoms with Crippen molar-refractivity contribution in [3.05, 3.63) is 38.9 Å². The standard InChI is InChI=1S/C14H17ClN2O4/c1-2-16(9-11-4-3-7-21-11)14(18)12-8-10(17(19)20)5-6-13(12)15/h5-6,8,11H,2-4,7,9H2,1H3. The fourth-order valence-corrected chi connectivity index (χ4v) is 2.55. The first-order valence-electron chi connectivity index (χ1n) is 6.87. The van der Waals surface area contributed by atoms with Gasteiger partial charge in [-0.05, 0) is 25.8 Å². The highest BCUT2D eigenvalue weighted by atomic mass is 35.5. The van der Waals surface area contributed by atoms with Crippen molar-refractivity contribution >= 4 is 23.2 Å². The van der Waals surface area contributed by atoms with Gasteiger partial charge in [0.25, 0.3) is 11.6 Å². The van der Waals surface area contributed by atoms with E-state index in [2.05, 4.69) is 0 Å². The first-order valence-corrected chi connectivity index (χ1v) is 7.25. The van der Waals surface area contributed by atoms with Crippen molar-refractivity contribution < 1.29 is 14.5 Å². The van der Waals surface area contributed by atoms with Gasteiger partial charge >= 0.3 is 0 Å². The predicted molar refractivity (Wildman–Crippen MR) is 78.7 cm³/mol. The Bertz CT molecular complexity index is 544. The molecule has 1 saturated heterocycles. The minimum absolute atomic E-state index is 0.0337. The van der Waals surface area contributed by atoms with Gasteiger partial charge in [-0.3, -0.25) is 14.9 Å². The molecule has 1 aromatic carbocycles. The van der Waals surface area contributed by atoms with Crippen molar-refractivity contribution in [3.8, 4) is 0 Å². The lowest BCUT2D eigenvalue weighted by Gasteiger charge is -2.24. The number of nitrogens with zero attached hydrogens (tertiary/aromatic N) is 2. The van der Waals surface area contributed by atoms with Crippen molar-refractivity contribution in [3.63, 3.8) is 0 Å². The molecule has 114 valence electrons. The van der Waals surface area contributed by atoms with E-state index in [1.807, 2.05) is 6.92 Å². The van der Waals surface area contributed by atoms with E-state index in [4.69, 9.17) is 16.3 Å². The average molecular weight is 313 g/mol. The summed E-state index contributed by atoms with van der Waals surface area (Å²) in [5.74, 6) is -0.304. The average Bonchev–Trinajstić information content (AvgIpc) is 2.97. The molecule has 2 rings (SSSR count). The van der Waals surface area contributed by atoms with Gasteiger partial charge in [-0.2, -0.15) is 0 Å². The summed E-state index contributed by atoms with van der Waals surface area (Å²) in [5, 5.41) is 11.0. The maximum atomic E-state index is 12.5. The molecule has 1 amide bonds.